The number of anilines is 1. The van der Waals surface area contributed by atoms with Crippen molar-refractivity contribution in [2.75, 3.05) is 5.32 Å². The fraction of sp³-hybridized carbons (Fsp3) is 0.333. The Hall–Kier alpha value is -1.18. The van der Waals surface area contributed by atoms with Gasteiger partial charge in [0.25, 0.3) is 0 Å². The van der Waals surface area contributed by atoms with Crippen molar-refractivity contribution in [3.63, 3.8) is 0 Å². The lowest BCUT2D eigenvalue weighted by Gasteiger charge is -2.21. The van der Waals surface area contributed by atoms with E-state index in [1.807, 2.05) is 12.1 Å². The van der Waals surface area contributed by atoms with Crippen LogP contribution in [0.2, 0.25) is 10.0 Å². The van der Waals surface area contributed by atoms with Gasteiger partial charge in [-0.3, -0.25) is 0 Å². The third-order valence-electron chi connectivity index (χ3n) is 3.58. The van der Waals surface area contributed by atoms with Gasteiger partial charge in [-0.25, -0.2) is 0 Å². The molecule has 0 bridgehead atoms. The predicted octanol–water partition coefficient (Wildman–Crippen LogP) is 6.46. The molecule has 2 rings (SSSR count). The van der Waals surface area contributed by atoms with Crippen molar-refractivity contribution < 1.29 is 0 Å². The van der Waals surface area contributed by atoms with Crippen LogP contribution in [-0.2, 0) is 5.41 Å². The zero-order valence-corrected chi connectivity index (χ0v) is 14.4. The molecule has 0 fully saturated rings. The van der Waals surface area contributed by atoms with Crippen LogP contribution >= 0.6 is 23.2 Å². The van der Waals surface area contributed by atoms with Crippen LogP contribution in [0.5, 0.6) is 0 Å². The third kappa shape index (κ3) is 4.15. The maximum Gasteiger partial charge on any atom is 0.0652 e. The molecule has 0 saturated heterocycles. The zero-order valence-electron chi connectivity index (χ0n) is 12.9. The topological polar surface area (TPSA) is 12.0 Å². The van der Waals surface area contributed by atoms with Gasteiger partial charge in [-0.1, -0.05) is 68.2 Å². The summed E-state index contributed by atoms with van der Waals surface area (Å²) in [6.07, 6.45) is 0. The monoisotopic (exact) mass is 321 g/mol. The quantitative estimate of drug-likeness (QED) is 0.683. The second-order valence-corrected chi connectivity index (χ2v) is 7.21. The van der Waals surface area contributed by atoms with Crippen molar-refractivity contribution in [1.82, 2.24) is 0 Å². The largest absolute Gasteiger partial charge is 0.377 e. The summed E-state index contributed by atoms with van der Waals surface area (Å²) in [5.74, 6) is 0. The molecule has 0 aliphatic rings. The highest BCUT2D eigenvalue weighted by Crippen LogP contribution is 2.29. The molecule has 0 saturated carbocycles. The normalized spacial score (nSPS) is 13.0. The fourth-order valence-corrected chi connectivity index (χ4v) is 2.66. The van der Waals surface area contributed by atoms with Crippen LogP contribution < -0.4 is 5.32 Å². The van der Waals surface area contributed by atoms with Crippen molar-refractivity contribution in [2.45, 2.75) is 39.2 Å². The summed E-state index contributed by atoms with van der Waals surface area (Å²) >= 11 is 12.1. The minimum absolute atomic E-state index is 0.175. The summed E-state index contributed by atoms with van der Waals surface area (Å²) in [6.45, 7) is 8.78. The molecule has 0 radical (unpaired) electrons. The van der Waals surface area contributed by atoms with E-state index >= 15 is 0 Å². The van der Waals surface area contributed by atoms with Crippen LogP contribution in [0.25, 0.3) is 0 Å². The van der Waals surface area contributed by atoms with E-state index in [1.165, 1.54) is 11.1 Å². The van der Waals surface area contributed by atoms with Crippen molar-refractivity contribution in [2.24, 2.45) is 0 Å². The average Bonchev–Trinajstić information content (AvgIpc) is 2.41. The smallest absolute Gasteiger partial charge is 0.0652 e. The summed E-state index contributed by atoms with van der Waals surface area (Å²) in [6, 6.07) is 14.4. The van der Waals surface area contributed by atoms with Crippen molar-refractivity contribution in [3.05, 3.63) is 63.6 Å². The van der Waals surface area contributed by atoms with E-state index in [2.05, 4.69) is 57.3 Å². The van der Waals surface area contributed by atoms with Gasteiger partial charge >= 0.3 is 0 Å². The lowest BCUT2D eigenvalue weighted by molar-refractivity contribution is 0.589. The minimum atomic E-state index is 0.175. The first-order valence-electron chi connectivity index (χ1n) is 7.09. The van der Waals surface area contributed by atoms with Crippen molar-refractivity contribution in [3.8, 4) is 0 Å². The fourth-order valence-electron chi connectivity index (χ4n) is 2.19. The molecule has 112 valence electrons. The predicted molar refractivity (Wildman–Crippen MR) is 93.6 cm³/mol. The Labute approximate surface area is 137 Å². The van der Waals surface area contributed by atoms with E-state index in [1.54, 1.807) is 6.07 Å². The highest BCUT2D eigenvalue weighted by atomic mass is 35.5. The van der Waals surface area contributed by atoms with E-state index in [0.29, 0.717) is 10.0 Å². The molecular weight excluding hydrogens is 301 g/mol. The highest BCUT2D eigenvalue weighted by Gasteiger charge is 2.14. The molecule has 2 aromatic rings. The molecule has 1 nitrogen and oxygen atoms in total. The number of rotatable bonds is 3. The second-order valence-electron chi connectivity index (χ2n) is 6.36. The molecule has 0 aliphatic heterocycles. The van der Waals surface area contributed by atoms with Gasteiger partial charge in [-0.2, -0.15) is 0 Å². The third-order valence-corrected chi connectivity index (χ3v) is 4.13. The van der Waals surface area contributed by atoms with Crippen LogP contribution in [0, 0.1) is 0 Å². The maximum atomic E-state index is 6.20. The molecule has 1 unspecified atom stereocenters. The number of hydrogen-bond donors (Lipinski definition) is 1. The van der Waals surface area contributed by atoms with Gasteiger partial charge in [0.2, 0.25) is 0 Å². The van der Waals surface area contributed by atoms with Gasteiger partial charge in [-0.15, -0.1) is 0 Å². The second kappa shape index (κ2) is 6.29. The van der Waals surface area contributed by atoms with E-state index in [-0.39, 0.29) is 11.5 Å². The number of hydrogen-bond acceptors (Lipinski definition) is 1. The van der Waals surface area contributed by atoms with Crippen LogP contribution in [0.1, 0.15) is 44.9 Å². The van der Waals surface area contributed by atoms with Gasteiger partial charge in [0, 0.05) is 11.1 Å². The molecule has 0 spiro atoms. The molecule has 2 aromatic carbocycles. The molecule has 0 aromatic heterocycles. The summed E-state index contributed by atoms with van der Waals surface area (Å²) in [5.41, 5.74) is 3.64. The molecule has 0 aliphatic carbocycles. The molecule has 0 heterocycles. The lowest BCUT2D eigenvalue weighted by atomic mass is 9.86. The van der Waals surface area contributed by atoms with Crippen LogP contribution in [0.15, 0.2) is 42.5 Å². The summed E-state index contributed by atoms with van der Waals surface area (Å²) in [7, 11) is 0. The van der Waals surface area contributed by atoms with E-state index in [9.17, 15) is 0 Å². The Kier molecular flexibility index (Phi) is 4.85. The van der Waals surface area contributed by atoms with Gasteiger partial charge in [0.05, 0.1) is 10.7 Å². The first kappa shape index (κ1) is 16.2. The maximum absolute atomic E-state index is 6.20. The number of nitrogens with one attached hydrogen (secondary N) is 1. The lowest BCUT2D eigenvalue weighted by Crippen LogP contribution is -2.12. The Bertz CT molecular complexity index is 612. The minimum Gasteiger partial charge on any atom is -0.377 e. The zero-order chi connectivity index (χ0) is 15.6. The van der Waals surface area contributed by atoms with E-state index in [4.69, 9.17) is 23.2 Å². The molecule has 1 atom stereocenters. The number of halogens is 2. The van der Waals surface area contributed by atoms with Crippen LogP contribution in [0.4, 0.5) is 5.69 Å². The van der Waals surface area contributed by atoms with Crippen LogP contribution in [0.3, 0.4) is 0 Å². The highest BCUT2D eigenvalue weighted by molar-refractivity contribution is 6.36. The average molecular weight is 322 g/mol. The molecule has 21 heavy (non-hydrogen) atoms. The van der Waals surface area contributed by atoms with E-state index in [0.717, 1.165) is 5.69 Å². The van der Waals surface area contributed by atoms with Crippen molar-refractivity contribution in [1.29, 1.82) is 0 Å². The van der Waals surface area contributed by atoms with Gasteiger partial charge in [0.15, 0.2) is 0 Å². The van der Waals surface area contributed by atoms with Crippen molar-refractivity contribution >= 4 is 28.9 Å². The van der Waals surface area contributed by atoms with Gasteiger partial charge in [0.1, 0.15) is 0 Å². The van der Waals surface area contributed by atoms with Gasteiger partial charge in [-0.05, 0) is 41.7 Å². The SMILES string of the molecule is CC(Nc1ccc(Cl)cc1Cl)c1ccc(C(C)(C)C)cc1. The Balaban J connectivity index is 2.15. The molecular formula is C18H21Cl2N. The molecule has 0 amide bonds. The molecule has 1 N–H and O–H groups in total. The van der Waals surface area contributed by atoms with Gasteiger partial charge < -0.3 is 5.32 Å². The Morgan fingerprint density at radius 3 is 2.10 bits per heavy atom. The summed E-state index contributed by atoms with van der Waals surface area (Å²) in [5, 5.41) is 4.71. The first-order valence-corrected chi connectivity index (χ1v) is 7.85. The summed E-state index contributed by atoms with van der Waals surface area (Å²) in [4.78, 5) is 0. The Morgan fingerprint density at radius 1 is 0.952 bits per heavy atom. The number of benzene rings is 2. The van der Waals surface area contributed by atoms with E-state index < -0.39 is 0 Å². The molecule has 3 heteroatoms. The Morgan fingerprint density at radius 2 is 1.57 bits per heavy atom. The first-order chi connectivity index (χ1) is 9.77. The standard InChI is InChI=1S/C18H21Cl2N/c1-12(21-17-10-9-15(19)11-16(17)20)13-5-7-14(8-6-13)18(2,3)4/h5-12,21H,1-4H3. The summed E-state index contributed by atoms with van der Waals surface area (Å²) < 4.78 is 0. The van der Waals surface area contributed by atoms with Crippen LogP contribution in [-0.4, -0.2) is 0 Å².